The highest BCUT2D eigenvalue weighted by Gasteiger charge is 2.35. The minimum Gasteiger partial charge on any atom is -0.370 e. The first-order valence-corrected chi connectivity index (χ1v) is 6.63. The number of hydrogen-bond donors (Lipinski definition) is 3. The molecule has 3 heterocycles. The van der Waals surface area contributed by atoms with Crippen molar-refractivity contribution in [2.75, 3.05) is 38.0 Å². The minimum atomic E-state index is 0.342. The number of rotatable bonds is 6. The lowest BCUT2D eigenvalue weighted by Gasteiger charge is -2.42. The second-order valence-corrected chi connectivity index (χ2v) is 5.42. The number of allylic oxidation sites excluding steroid dienone is 1. The fraction of sp³-hybridized carbons (Fsp3) is 0.615. The molecule has 1 aromatic rings. The molecule has 2 aliphatic heterocycles. The number of aromatic nitrogens is 2. The van der Waals surface area contributed by atoms with Crippen LogP contribution in [0.3, 0.4) is 0 Å². The zero-order chi connectivity index (χ0) is 12.4. The number of anilines is 1. The molecule has 2 aliphatic rings. The molecule has 1 aromatic heterocycles. The average Bonchev–Trinajstić information content (AvgIpc) is 2.68. The van der Waals surface area contributed by atoms with Crippen molar-refractivity contribution in [3.8, 4) is 0 Å². The van der Waals surface area contributed by atoms with Crippen molar-refractivity contribution < 1.29 is 0 Å². The van der Waals surface area contributed by atoms with E-state index >= 15 is 0 Å². The Kier molecular flexibility index (Phi) is 3.09. The Morgan fingerprint density at radius 2 is 2.33 bits per heavy atom. The van der Waals surface area contributed by atoms with Crippen molar-refractivity contribution >= 4 is 5.82 Å². The topological polar surface area (TPSA) is 53.9 Å². The van der Waals surface area contributed by atoms with Crippen LogP contribution in [0, 0.1) is 5.41 Å². The van der Waals surface area contributed by atoms with Gasteiger partial charge in [-0.1, -0.05) is 6.08 Å². The molecule has 2 saturated heterocycles. The fourth-order valence-electron chi connectivity index (χ4n) is 2.60. The van der Waals surface area contributed by atoms with Crippen LogP contribution in [-0.4, -0.2) is 42.5 Å². The molecule has 18 heavy (non-hydrogen) atoms. The van der Waals surface area contributed by atoms with Gasteiger partial charge in [0.2, 0.25) is 0 Å². The molecule has 0 bridgehead atoms. The first-order chi connectivity index (χ1) is 8.83. The maximum Gasteiger partial charge on any atom is 0.124 e. The largest absolute Gasteiger partial charge is 0.370 e. The zero-order valence-corrected chi connectivity index (χ0v) is 10.7. The molecule has 98 valence electrons. The third kappa shape index (κ3) is 2.04. The SMILES string of the molecule is C=CCC1(CNc2ccnn2C2CNC2)CNC1. The Bertz CT molecular complexity index is 417. The third-order valence-electron chi connectivity index (χ3n) is 4.00. The van der Waals surface area contributed by atoms with E-state index in [1.54, 1.807) is 0 Å². The summed E-state index contributed by atoms with van der Waals surface area (Å²) in [5.74, 6) is 1.14. The predicted molar refractivity (Wildman–Crippen MR) is 72.7 cm³/mol. The van der Waals surface area contributed by atoms with Crippen LogP contribution >= 0.6 is 0 Å². The highest BCUT2D eigenvalue weighted by atomic mass is 15.4. The van der Waals surface area contributed by atoms with Crippen LogP contribution in [0.15, 0.2) is 24.9 Å². The van der Waals surface area contributed by atoms with Gasteiger partial charge >= 0.3 is 0 Å². The van der Waals surface area contributed by atoms with Gasteiger partial charge in [-0.25, -0.2) is 4.68 Å². The standard InChI is InChI=1S/C13H21N5/c1-2-4-13(8-15-9-13)10-16-12-3-5-17-18(12)11-6-14-7-11/h2-3,5,11,14-16H,1,4,6-10H2. The molecule has 3 rings (SSSR count). The molecule has 0 spiro atoms. The maximum absolute atomic E-state index is 4.41. The van der Waals surface area contributed by atoms with Crippen molar-refractivity contribution in [3.05, 3.63) is 24.9 Å². The predicted octanol–water partition coefficient (Wildman–Crippen LogP) is 0.605. The summed E-state index contributed by atoms with van der Waals surface area (Å²) in [5.41, 5.74) is 0.342. The summed E-state index contributed by atoms with van der Waals surface area (Å²) in [5, 5.41) is 14.6. The van der Waals surface area contributed by atoms with E-state index in [0.717, 1.165) is 45.0 Å². The normalized spacial score (nSPS) is 22.0. The molecule has 3 N–H and O–H groups in total. The molecule has 2 fully saturated rings. The Hall–Kier alpha value is -1.33. The van der Waals surface area contributed by atoms with Crippen LogP contribution in [0.1, 0.15) is 12.5 Å². The van der Waals surface area contributed by atoms with E-state index in [4.69, 9.17) is 0 Å². The van der Waals surface area contributed by atoms with Gasteiger partial charge in [0.05, 0.1) is 12.2 Å². The number of hydrogen-bond acceptors (Lipinski definition) is 4. The van der Waals surface area contributed by atoms with E-state index in [1.807, 2.05) is 12.3 Å². The Morgan fingerprint density at radius 3 is 2.89 bits per heavy atom. The van der Waals surface area contributed by atoms with Gasteiger partial charge in [-0.15, -0.1) is 6.58 Å². The Labute approximate surface area is 108 Å². The lowest BCUT2D eigenvalue weighted by molar-refractivity contribution is 0.188. The molecular formula is C13H21N5. The van der Waals surface area contributed by atoms with E-state index in [-0.39, 0.29) is 0 Å². The van der Waals surface area contributed by atoms with Crippen molar-refractivity contribution in [2.24, 2.45) is 5.41 Å². The molecule has 0 aromatic carbocycles. The lowest BCUT2D eigenvalue weighted by Crippen LogP contribution is -2.56. The van der Waals surface area contributed by atoms with Gasteiger partial charge in [-0.2, -0.15) is 5.10 Å². The fourth-order valence-corrected chi connectivity index (χ4v) is 2.60. The summed E-state index contributed by atoms with van der Waals surface area (Å²) in [7, 11) is 0. The summed E-state index contributed by atoms with van der Waals surface area (Å²) in [6.07, 6.45) is 4.96. The third-order valence-corrected chi connectivity index (χ3v) is 4.00. The van der Waals surface area contributed by atoms with E-state index in [9.17, 15) is 0 Å². The molecule has 5 heteroatoms. The average molecular weight is 247 g/mol. The van der Waals surface area contributed by atoms with Gasteiger partial charge in [0, 0.05) is 44.2 Å². The van der Waals surface area contributed by atoms with Crippen molar-refractivity contribution in [1.29, 1.82) is 0 Å². The van der Waals surface area contributed by atoms with Crippen molar-refractivity contribution in [3.63, 3.8) is 0 Å². The quantitative estimate of drug-likeness (QED) is 0.645. The molecule has 0 atom stereocenters. The summed E-state index contributed by atoms with van der Waals surface area (Å²) < 4.78 is 2.10. The summed E-state index contributed by atoms with van der Waals surface area (Å²) in [6.45, 7) is 9.04. The summed E-state index contributed by atoms with van der Waals surface area (Å²) in [4.78, 5) is 0. The molecule has 0 amide bonds. The van der Waals surface area contributed by atoms with Crippen LogP contribution < -0.4 is 16.0 Å². The van der Waals surface area contributed by atoms with Crippen LogP contribution in [0.2, 0.25) is 0 Å². The molecule has 0 saturated carbocycles. The monoisotopic (exact) mass is 247 g/mol. The first kappa shape index (κ1) is 11.7. The minimum absolute atomic E-state index is 0.342. The second-order valence-electron chi connectivity index (χ2n) is 5.42. The van der Waals surface area contributed by atoms with Crippen LogP contribution in [-0.2, 0) is 0 Å². The van der Waals surface area contributed by atoms with Gasteiger partial charge in [0.15, 0.2) is 0 Å². The van der Waals surface area contributed by atoms with E-state index in [2.05, 4.69) is 38.4 Å². The van der Waals surface area contributed by atoms with Crippen LogP contribution in [0.25, 0.3) is 0 Å². The van der Waals surface area contributed by atoms with Gasteiger partial charge in [-0.05, 0) is 6.42 Å². The number of nitrogens with zero attached hydrogens (tertiary/aromatic N) is 2. The maximum atomic E-state index is 4.41. The molecule has 0 radical (unpaired) electrons. The zero-order valence-electron chi connectivity index (χ0n) is 10.7. The Balaban J connectivity index is 1.62. The van der Waals surface area contributed by atoms with Gasteiger partial charge in [0.25, 0.3) is 0 Å². The Morgan fingerprint density at radius 1 is 1.50 bits per heavy atom. The van der Waals surface area contributed by atoms with Crippen LogP contribution in [0.4, 0.5) is 5.82 Å². The summed E-state index contributed by atoms with van der Waals surface area (Å²) in [6, 6.07) is 2.57. The van der Waals surface area contributed by atoms with Crippen LogP contribution in [0.5, 0.6) is 0 Å². The second kappa shape index (κ2) is 4.74. The molecular weight excluding hydrogens is 226 g/mol. The highest BCUT2D eigenvalue weighted by molar-refractivity contribution is 5.35. The van der Waals surface area contributed by atoms with Gasteiger partial charge in [-0.3, -0.25) is 0 Å². The van der Waals surface area contributed by atoms with Crippen molar-refractivity contribution in [2.45, 2.75) is 12.5 Å². The smallest absolute Gasteiger partial charge is 0.124 e. The van der Waals surface area contributed by atoms with E-state index < -0.39 is 0 Å². The van der Waals surface area contributed by atoms with E-state index in [0.29, 0.717) is 11.5 Å². The molecule has 0 aliphatic carbocycles. The van der Waals surface area contributed by atoms with Crippen molar-refractivity contribution in [1.82, 2.24) is 20.4 Å². The van der Waals surface area contributed by atoms with Gasteiger partial charge in [0.1, 0.15) is 5.82 Å². The van der Waals surface area contributed by atoms with Gasteiger partial charge < -0.3 is 16.0 Å². The molecule has 5 nitrogen and oxygen atoms in total. The first-order valence-electron chi connectivity index (χ1n) is 6.63. The molecule has 0 unspecified atom stereocenters. The number of nitrogens with one attached hydrogen (secondary N) is 3. The lowest BCUT2D eigenvalue weighted by atomic mass is 9.78. The van der Waals surface area contributed by atoms with E-state index in [1.165, 1.54) is 0 Å². The highest BCUT2D eigenvalue weighted by Crippen LogP contribution is 2.28. The summed E-state index contributed by atoms with van der Waals surface area (Å²) >= 11 is 0.